The molecule has 0 atom stereocenters. The van der Waals surface area contributed by atoms with Crippen molar-refractivity contribution in [2.75, 3.05) is 0 Å². The molecule has 0 bridgehead atoms. The Bertz CT molecular complexity index is 2050. The summed E-state index contributed by atoms with van der Waals surface area (Å²) in [6.45, 7) is 0. The van der Waals surface area contributed by atoms with Gasteiger partial charge in [-0.1, -0.05) is 84.4 Å². The second kappa shape index (κ2) is 10.2. The molecule has 0 aliphatic rings. The van der Waals surface area contributed by atoms with Crippen molar-refractivity contribution in [2.24, 2.45) is 0 Å². The average molecular weight is 667 g/mol. The topological polar surface area (TPSA) is 39.9 Å². The number of pyridine rings is 2. The van der Waals surface area contributed by atoms with Crippen LogP contribution in [0.2, 0.25) is 0 Å². The van der Waals surface area contributed by atoms with Crippen molar-refractivity contribution in [2.45, 2.75) is 0 Å². The van der Waals surface area contributed by atoms with Gasteiger partial charge in [0.1, 0.15) is 0 Å². The largest absolute Gasteiger partial charge is 2.00 e. The Hall–Kier alpha value is -4.33. The Kier molecular flexibility index (Phi) is 6.45. The zero-order chi connectivity index (χ0) is 24.6. The van der Waals surface area contributed by atoms with Gasteiger partial charge < -0.3 is 4.98 Å². The van der Waals surface area contributed by atoms with E-state index in [1.165, 1.54) is 10.8 Å². The predicted molar refractivity (Wildman–Crippen MR) is 151 cm³/mol. The monoisotopic (exact) mass is 666 g/mol. The molecule has 0 N–H and O–H groups in total. The van der Waals surface area contributed by atoms with Gasteiger partial charge in [0.05, 0.1) is 5.69 Å². The van der Waals surface area contributed by atoms with Crippen LogP contribution in [0.3, 0.4) is 0 Å². The molecule has 0 saturated carbocycles. The molecule has 182 valence electrons. The Balaban J connectivity index is 0.00000264. The molecule has 0 aliphatic carbocycles. The van der Waals surface area contributed by atoms with E-state index in [0.29, 0.717) is 0 Å². The first-order chi connectivity index (χ1) is 18.3. The van der Waals surface area contributed by atoms with Crippen LogP contribution in [0.4, 0.5) is 0 Å². The van der Waals surface area contributed by atoms with Crippen LogP contribution in [-0.2, 0) is 21.1 Å². The van der Waals surface area contributed by atoms with Gasteiger partial charge in [0.25, 0.3) is 0 Å². The number of nitrogens with zero attached hydrogens (tertiary/aromatic N) is 3. The van der Waals surface area contributed by atoms with Crippen LogP contribution in [0.1, 0.15) is 11.3 Å². The molecule has 3 aromatic heterocycles. The standard InChI is InChI=1S/C34H21N3.Pt/c1-2-11-27-22-36-31(20-25(27)10-1)26-12-7-8-23(18-26)19-33-29-14-5-6-15-30(29)34(37-33)21-32-28-13-4-3-9-24(28)16-17-35-32;/h1-17,19-22H;/q-2;+2. The summed E-state index contributed by atoms with van der Waals surface area (Å²) in [7, 11) is 0. The van der Waals surface area contributed by atoms with Crippen LogP contribution in [0.5, 0.6) is 0 Å². The molecular formula is C34H21N3Pt. The van der Waals surface area contributed by atoms with E-state index >= 15 is 0 Å². The van der Waals surface area contributed by atoms with Crippen molar-refractivity contribution >= 4 is 44.5 Å². The number of fused-ring (bicyclic) bond motifs is 3. The molecular weight excluding hydrogens is 645 g/mol. The quantitative estimate of drug-likeness (QED) is 0.217. The van der Waals surface area contributed by atoms with Crippen molar-refractivity contribution in [3.05, 3.63) is 144 Å². The van der Waals surface area contributed by atoms with Crippen molar-refractivity contribution in [1.82, 2.24) is 15.0 Å². The van der Waals surface area contributed by atoms with Crippen molar-refractivity contribution in [1.29, 1.82) is 0 Å². The smallest absolute Gasteiger partial charge is 0.663 e. The van der Waals surface area contributed by atoms with Gasteiger partial charge in [0, 0.05) is 23.5 Å². The first-order valence-electron chi connectivity index (χ1n) is 12.3. The van der Waals surface area contributed by atoms with E-state index in [-0.39, 0.29) is 21.1 Å². The summed E-state index contributed by atoms with van der Waals surface area (Å²) in [6, 6.07) is 38.8. The second-order valence-electron chi connectivity index (χ2n) is 9.07. The van der Waals surface area contributed by atoms with Gasteiger partial charge in [-0.15, -0.1) is 41.3 Å². The van der Waals surface area contributed by atoms with Gasteiger partial charge in [0.15, 0.2) is 0 Å². The van der Waals surface area contributed by atoms with Gasteiger partial charge in [-0.25, -0.2) is 0 Å². The summed E-state index contributed by atoms with van der Waals surface area (Å²) in [4.78, 5) is 14.4. The van der Waals surface area contributed by atoms with Gasteiger partial charge in [-0.05, 0) is 39.1 Å². The molecule has 7 rings (SSSR count). The number of hydrogen-bond acceptors (Lipinski definition) is 2. The van der Waals surface area contributed by atoms with Crippen LogP contribution in [0.15, 0.2) is 116 Å². The minimum atomic E-state index is 0. The maximum Gasteiger partial charge on any atom is 2.00 e. The molecule has 7 aromatic rings. The fourth-order valence-electron chi connectivity index (χ4n) is 4.89. The van der Waals surface area contributed by atoms with Crippen molar-refractivity contribution in [3.63, 3.8) is 0 Å². The number of benzene rings is 4. The molecule has 0 spiro atoms. The van der Waals surface area contributed by atoms with E-state index < -0.39 is 0 Å². The van der Waals surface area contributed by atoms with Crippen LogP contribution in [0, 0.1) is 6.07 Å². The summed E-state index contributed by atoms with van der Waals surface area (Å²) in [6.07, 6.45) is 7.96. The molecule has 0 unspecified atom stereocenters. The SMILES string of the molecule is [Pt+2].[c-]1c(C=c2[n-]c(=Cc3nccc4ccccc34)c3ccccc23)cccc1-c1cc2ccccc2cn1. The average Bonchev–Trinajstić information content (AvgIpc) is 3.30. The summed E-state index contributed by atoms with van der Waals surface area (Å²) in [5.41, 5.74) is 3.75. The molecule has 0 amide bonds. The molecule has 38 heavy (non-hydrogen) atoms. The van der Waals surface area contributed by atoms with Crippen LogP contribution in [0.25, 0.3) is 55.7 Å². The summed E-state index contributed by atoms with van der Waals surface area (Å²) < 4.78 is 0. The molecule has 4 aromatic carbocycles. The van der Waals surface area contributed by atoms with E-state index in [4.69, 9.17) is 4.98 Å². The maximum absolute atomic E-state index is 5.04. The molecule has 0 aliphatic heterocycles. The van der Waals surface area contributed by atoms with Crippen LogP contribution >= 0.6 is 0 Å². The third kappa shape index (κ3) is 4.47. The van der Waals surface area contributed by atoms with Crippen molar-refractivity contribution < 1.29 is 21.1 Å². The Labute approximate surface area is 234 Å². The fourth-order valence-corrected chi connectivity index (χ4v) is 4.89. The second-order valence-corrected chi connectivity index (χ2v) is 9.07. The number of hydrogen-bond donors (Lipinski definition) is 0. The molecule has 0 saturated heterocycles. The molecule has 0 radical (unpaired) electrons. The number of aromatic nitrogens is 3. The van der Waals surface area contributed by atoms with Gasteiger partial charge >= 0.3 is 21.1 Å². The van der Waals surface area contributed by atoms with E-state index in [2.05, 4.69) is 101 Å². The van der Waals surface area contributed by atoms with Gasteiger partial charge in [0.2, 0.25) is 0 Å². The number of rotatable bonds is 3. The minimum absolute atomic E-state index is 0. The fraction of sp³-hybridized carbons (Fsp3) is 0. The van der Waals surface area contributed by atoms with Gasteiger partial charge in [-0.2, -0.15) is 5.35 Å². The third-order valence-corrected chi connectivity index (χ3v) is 6.71. The Morgan fingerprint density at radius 2 is 1.29 bits per heavy atom. The zero-order valence-electron chi connectivity index (χ0n) is 20.3. The zero-order valence-corrected chi connectivity index (χ0v) is 22.6. The first-order valence-corrected chi connectivity index (χ1v) is 12.3. The maximum atomic E-state index is 5.04. The Morgan fingerprint density at radius 1 is 0.605 bits per heavy atom. The Morgan fingerprint density at radius 3 is 2.11 bits per heavy atom. The summed E-state index contributed by atoms with van der Waals surface area (Å²) in [5.74, 6) is 0. The molecule has 3 nitrogen and oxygen atoms in total. The van der Waals surface area contributed by atoms with Crippen LogP contribution in [-0.4, -0.2) is 9.97 Å². The predicted octanol–water partition coefficient (Wildman–Crippen LogP) is 6.02. The van der Waals surface area contributed by atoms with Crippen molar-refractivity contribution in [3.8, 4) is 11.3 Å². The summed E-state index contributed by atoms with van der Waals surface area (Å²) >= 11 is 0. The van der Waals surface area contributed by atoms with Gasteiger partial charge in [-0.3, -0.25) is 9.97 Å². The summed E-state index contributed by atoms with van der Waals surface area (Å²) in [5, 5.41) is 8.63. The van der Waals surface area contributed by atoms with Crippen LogP contribution < -0.4 is 15.7 Å². The molecule has 0 fully saturated rings. The minimum Gasteiger partial charge on any atom is -0.663 e. The van der Waals surface area contributed by atoms with E-state index in [1.54, 1.807) is 0 Å². The first kappa shape index (κ1) is 24.0. The van der Waals surface area contributed by atoms with E-state index in [1.807, 2.05) is 42.7 Å². The third-order valence-electron chi connectivity index (χ3n) is 6.71. The molecule has 3 heterocycles. The molecule has 4 heteroatoms. The van der Waals surface area contributed by atoms with E-state index in [0.717, 1.165) is 54.8 Å². The normalized spacial score (nSPS) is 12.3. The van der Waals surface area contributed by atoms with E-state index in [9.17, 15) is 0 Å².